The molecule has 1 N–H and O–H groups in total. The van der Waals surface area contributed by atoms with Gasteiger partial charge >= 0.3 is 5.69 Å². The molecule has 5 nitrogen and oxygen atoms in total. The molecule has 0 aliphatic carbocycles. The summed E-state index contributed by atoms with van der Waals surface area (Å²) in [5, 5.41) is 19.9. The molecule has 20 heavy (non-hydrogen) atoms. The van der Waals surface area contributed by atoms with Crippen molar-refractivity contribution in [3.05, 3.63) is 62.4 Å². The van der Waals surface area contributed by atoms with E-state index in [1.165, 1.54) is 30.3 Å². The molecule has 0 aliphatic heterocycles. The highest BCUT2D eigenvalue weighted by atomic mass is 79.9. The zero-order chi connectivity index (χ0) is 14.7. The number of nitro benzene ring substituents is 1. The fourth-order valence-corrected chi connectivity index (χ4v) is 1.80. The SMILES string of the molecule is O=[N+]([O-])c1cc(CO)ccc1Oc1ccc(Br)c(F)c1. The van der Waals surface area contributed by atoms with Gasteiger partial charge in [0, 0.05) is 12.1 Å². The number of rotatable bonds is 4. The molecule has 0 amide bonds. The fourth-order valence-electron chi connectivity index (χ4n) is 1.56. The lowest BCUT2D eigenvalue weighted by Gasteiger charge is -2.07. The van der Waals surface area contributed by atoms with E-state index in [-0.39, 0.29) is 28.3 Å². The van der Waals surface area contributed by atoms with Crippen molar-refractivity contribution in [3.63, 3.8) is 0 Å². The van der Waals surface area contributed by atoms with Crippen LogP contribution < -0.4 is 4.74 Å². The van der Waals surface area contributed by atoms with Crippen LogP contribution in [0.15, 0.2) is 40.9 Å². The quantitative estimate of drug-likeness (QED) is 0.678. The van der Waals surface area contributed by atoms with Crippen molar-refractivity contribution in [1.82, 2.24) is 0 Å². The van der Waals surface area contributed by atoms with Gasteiger partial charge in [0.25, 0.3) is 0 Å². The second-order valence-electron chi connectivity index (χ2n) is 3.90. The summed E-state index contributed by atoms with van der Waals surface area (Å²) < 4.78 is 19.0. The first kappa shape index (κ1) is 14.4. The lowest BCUT2D eigenvalue weighted by Crippen LogP contribution is -1.96. The Kier molecular flexibility index (Phi) is 4.31. The molecule has 0 saturated heterocycles. The average Bonchev–Trinajstić information content (AvgIpc) is 2.43. The molecule has 2 aromatic rings. The Bertz CT molecular complexity index is 663. The Morgan fingerprint density at radius 2 is 2.05 bits per heavy atom. The first-order chi connectivity index (χ1) is 9.51. The van der Waals surface area contributed by atoms with Crippen LogP contribution in [0, 0.1) is 15.9 Å². The standard InChI is InChI=1S/C13H9BrFNO4/c14-10-3-2-9(6-11(10)15)20-13-4-1-8(7-17)5-12(13)16(18)19/h1-6,17H,7H2. The number of aliphatic hydroxyl groups is 1. The summed E-state index contributed by atoms with van der Waals surface area (Å²) in [4.78, 5) is 10.3. The molecule has 0 heterocycles. The number of ether oxygens (including phenoxy) is 1. The van der Waals surface area contributed by atoms with Crippen molar-refractivity contribution < 1.29 is 19.2 Å². The molecule has 0 saturated carbocycles. The highest BCUT2D eigenvalue weighted by Gasteiger charge is 2.17. The van der Waals surface area contributed by atoms with Gasteiger partial charge in [0.05, 0.1) is 16.0 Å². The summed E-state index contributed by atoms with van der Waals surface area (Å²) in [6.07, 6.45) is 0. The molecule has 0 spiro atoms. The van der Waals surface area contributed by atoms with Gasteiger partial charge in [0.2, 0.25) is 5.75 Å². The van der Waals surface area contributed by atoms with Gasteiger partial charge in [-0.15, -0.1) is 0 Å². The van der Waals surface area contributed by atoms with Crippen LogP contribution in [0.1, 0.15) is 5.56 Å². The van der Waals surface area contributed by atoms with E-state index in [9.17, 15) is 14.5 Å². The maximum Gasteiger partial charge on any atom is 0.311 e. The van der Waals surface area contributed by atoms with Crippen LogP contribution in [0.5, 0.6) is 11.5 Å². The third kappa shape index (κ3) is 3.12. The normalized spacial score (nSPS) is 10.3. The van der Waals surface area contributed by atoms with Gasteiger partial charge in [-0.3, -0.25) is 10.1 Å². The topological polar surface area (TPSA) is 72.6 Å². The lowest BCUT2D eigenvalue weighted by atomic mass is 10.2. The Balaban J connectivity index is 2.37. The van der Waals surface area contributed by atoms with E-state index in [1.54, 1.807) is 0 Å². The Hall–Kier alpha value is -1.99. The highest BCUT2D eigenvalue weighted by Crippen LogP contribution is 2.33. The molecular weight excluding hydrogens is 333 g/mol. The minimum atomic E-state index is -0.621. The molecule has 0 bridgehead atoms. The van der Waals surface area contributed by atoms with Crippen molar-refractivity contribution in [2.75, 3.05) is 0 Å². The molecule has 0 atom stereocenters. The first-order valence-corrected chi connectivity index (χ1v) is 6.31. The van der Waals surface area contributed by atoms with Crippen LogP contribution in [0.3, 0.4) is 0 Å². The molecule has 0 unspecified atom stereocenters. The number of nitrogens with zero attached hydrogens (tertiary/aromatic N) is 1. The largest absolute Gasteiger partial charge is 0.450 e. The van der Waals surface area contributed by atoms with Gasteiger partial charge in [-0.2, -0.15) is 0 Å². The van der Waals surface area contributed by atoms with Crippen LogP contribution in [-0.4, -0.2) is 10.0 Å². The summed E-state index contributed by atoms with van der Waals surface area (Å²) >= 11 is 3.00. The summed E-state index contributed by atoms with van der Waals surface area (Å²) in [6, 6.07) is 8.12. The minimum absolute atomic E-state index is 0.0195. The monoisotopic (exact) mass is 341 g/mol. The van der Waals surface area contributed by atoms with Gasteiger partial charge in [0.15, 0.2) is 0 Å². The van der Waals surface area contributed by atoms with E-state index in [0.29, 0.717) is 5.56 Å². The molecule has 2 aromatic carbocycles. The lowest BCUT2D eigenvalue weighted by molar-refractivity contribution is -0.385. The van der Waals surface area contributed by atoms with Gasteiger partial charge in [-0.25, -0.2) is 4.39 Å². The number of benzene rings is 2. The van der Waals surface area contributed by atoms with E-state index in [4.69, 9.17) is 9.84 Å². The maximum absolute atomic E-state index is 13.4. The molecule has 7 heteroatoms. The Morgan fingerprint density at radius 3 is 2.65 bits per heavy atom. The minimum Gasteiger partial charge on any atom is -0.450 e. The van der Waals surface area contributed by atoms with Crippen molar-refractivity contribution in [2.45, 2.75) is 6.61 Å². The molecule has 0 fully saturated rings. The first-order valence-electron chi connectivity index (χ1n) is 5.52. The summed E-state index contributed by atoms with van der Waals surface area (Å²) in [7, 11) is 0. The van der Waals surface area contributed by atoms with Crippen LogP contribution >= 0.6 is 15.9 Å². The van der Waals surface area contributed by atoms with E-state index < -0.39 is 10.7 Å². The molecule has 104 valence electrons. The molecule has 0 aliphatic rings. The maximum atomic E-state index is 13.4. The highest BCUT2D eigenvalue weighted by molar-refractivity contribution is 9.10. The summed E-state index contributed by atoms with van der Waals surface area (Å²) in [5.41, 5.74) is 0.103. The fraction of sp³-hybridized carbons (Fsp3) is 0.0769. The molecule has 2 rings (SSSR count). The van der Waals surface area contributed by atoms with Crippen LogP contribution in [0.4, 0.5) is 10.1 Å². The number of halogens is 2. The third-order valence-corrected chi connectivity index (χ3v) is 3.16. The predicted octanol–water partition coefficient (Wildman–Crippen LogP) is 3.78. The molecule has 0 aromatic heterocycles. The van der Waals surface area contributed by atoms with Crippen LogP contribution in [0.25, 0.3) is 0 Å². The zero-order valence-electron chi connectivity index (χ0n) is 10.0. The number of nitro groups is 1. The Labute approximate surface area is 121 Å². The zero-order valence-corrected chi connectivity index (χ0v) is 11.6. The van der Waals surface area contributed by atoms with E-state index in [0.717, 1.165) is 6.07 Å². The second kappa shape index (κ2) is 5.98. The van der Waals surface area contributed by atoms with Gasteiger partial charge < -0.3 is 9.84 Å². The summed E-state index contributed by atoms with van der Waals surface area (Å²) in [6.45, 7) is -0.311. The van der Waals surface area contributed by atoms with Crippen molar-refractivity contribution in [3.8, 4) is 11.5 Å². The summed E-state index contributed by atoms with van der Waals surface area (Å²) in [5.74, 6) is -0.406. The van der Waals surface area contributed by atoms with Crippen molar-refractivity contribution in [2.24, 2.45) is 0 Å². The van der Waals surface area contributed by atoms with E-state index >= 15 is 0 Å². The number of hydrogen-bond donors (Lipinski definition) is 1. The number of hydrogen-bond acceptors (Lipinski definition) is 4. The van der Waals surface area contributed by atoms with Crippen LogP contribution in [-0.2, 0) is 6.61 Å². The van der Waals surface area contributed by atoms with Gasteiger partial charge in [-0.1, -0.05) is 6.07 Å². The van der Waals surface area contributed by atoms with Crippen molar-refractivity contribution >= 4 is 21.6 Å². The van der Waals surface area contributed by atoms with Gasteiger partial charge in [0.1, 0.15) is 11.6 Å². The van der Waals surface area contributed by atoms with Crippen LogP contribution in [0.2, 0.25) is 0 Å². The van der Waals surface area contributed by atoms with E-state index in [1.807, 2.05) is 0 Å². The molecule has 0 radical (unpaired) electrons. The predicted molar refractivity (Wildman–Crippen MR) is 73.2 cm³/mol. The van der Waals surface area contributed by atoms with E-state index in [2.05, 4.69) is 15.9 Å². The molecular formula is C13H9BrFNO4. The van der Waals surface area contributed by atoms with Gasteiger partial charge in [-0.05, 0) is 39.7 Å². The number of aliphatic hydroxyl groups excluding tert-OH is 1. The Morgan fingerprint density at radius 1 is 1.30 bits per heavy atom. The average molecular weight is 342 g/mol. The second-order valence-corrected chi connectivity index (χ2v) is 4.75. The smallest absolute Gasteiger partial charge is 0.311 e. The third-order valence-electron chi connectivity index (χ3n) is 2.52. The van der Waals surface area contributed by atoms with Crippen molar-refractivity contribution in [1.29, 1.82) is 0 Å².